The van der Waals surface area contributed by atoms with E-state index >= 15 is 0 Å². The first kappa shape index (κ1) is 26.2. The molecule has 1 unspecified atom stereocenters. The molecule has 0 aliphatic rings. The van der Waals surface area contributed by atoms with Crippen LogP contribution in [0.4, 0.5) is 0 Å². The molecule has 1 atom stereocenters. The van der Waals surface area contributed by atoms with E-state index in [1.165, 1.54) is 0 Å². The average Bonchev–Trinajstić information content (AvgIpc) is 2.71. The smallest absolute Gasteiger partial charge is 0.191 e. The van der Waals surface area contributed by atoms with E-state index in [-0.39, 0.29) is 30.1 Å². The van der Waals surface area contributed by atoms with Crippen molar-refractivity contribution in [3.63, 3.8) is 0 Å². The van der Waals surface area contributed by atoms with Gasteiger partial charge in [0.15, 0.2) is 5.96 Å². The molecular weight excluding hydrogens is 493 g/mol. The molecule has 0 saturated heterocycles. The predicted molar refractivity (Wildman–Crippen MR) is 133 cm³/mol. The molecule has 0 heterocycles. The molecule has 166 valence electrons. The summed E-state index contributed by atoms with van der Waals surface area (Å²) in [6.45, 7) is 8.26. The number of aliphatic hydroxyl groups is 1. The van der Waals surface area contributed by atoms with Gasteiger partial charge in [0.25, 0.3) is 0 Å². The Labute approximate surface area is 197 Å². The van der Waals surface area contributed by atoms with Crippen molar-refractivity contribution in [3.05, 3.63) is 65.2 Å². The van der Waals surface area contributed by atoms with Crippen LogP contribution in [0.3, 0.4) is 0 Å². The fourth-order valence-electron chi connectivity index (χ4n) is 2.77. The van der Waals surface area contributed by atoms with Crippen LogP contribution in [-0.4, -0.2) is 37.4 Å². The number of nitrogens with one attached hydrogen (secondary N) is 2. The number of halogens is 1. The van der Waals surface area contributed by atoms with Crippen LogP contribution >= 0.6 is 24.0 Å². The van der Waals surface area contributed by atoms with Gasteiger partial charge >= 0.3 is 0 Å². The molecule has 0 aliphatic heterocycles. The molecule has 0 spiro atoms. The Balaban J connectivity index is 0.00000450. The third kappa shape index (κ3) is 9.32. The predicted octanol–water partition coefficient (Wildman–Crippen LogP) is 4.03. The minimum Gasteiger partial charge on any atom is -0.491 e. The fourth-order valence-corrected chi connectivity index (χ4v) is 2.77. The van der Waals surface area contributed by atoms with Gasteiger partial charge < -0.3 is 25.2 Å². The lowest BCUT2D eigenvalue weighted by atomic mass is 10.1. The minimum absolute atomic E-state index is 0. The van der Waals surface area contributed by atoms with Gasteiger partial charge in [-0.1, -0.05) is 36.4 Å². The van der Waals surface area contributed by atoms with Crippen LogP contribution in [-0.2, 0) is 17.9 Å². The highest BCUT2D eigenvalue weighted by Crippen LogP contribution is 2.18. The normalized spacial score (nSPS) is 12.3. The monoisotopic (exact) mass is 527 g/mol. The average molecular weight is 527 g/mol. The van der Waals surface area contributed by atoms with E-state index in [4.69, 9.17) is 9.47 Å². The van der Waals surface area contributed by atoms with Crippen molar-refractivity contribution in [3.8, 4) is 5.75 Å². The molecule has 2 aromatic carbocycles. The highest BCUT2D eigenvalue weighted by Gasteiger charge is 2.09. The van der Waals surface area contributed by atoms with E-state index in [1.54, 1.807) is 7.11 Å². The van der Waals surface area contributed by atoms with Crippen LogP contribution < -0.4 is 15.4 Å². The summed E-state index contributed by atoms with van der Waals surface area (Å²) >= 11 is 0. The van der Waals surface area contributed by atoms with E-state index in [0.29, 0.717) is 25.7 Å². The topological polar surface area (TPSA) is 75.1 Å². The van der Waals surface area contributed by atoms with Gasteiger partial charge in [0.1, 0.15) is 5.75 Å². The van der Waals surface area contributed by atoms with Crippen molar-refractivity contribution in [2.45, 2.75) is 46.1 Å². The molecule has 3 N–H and O–H groups in total. The van der Waals surface area contributed by atoms with E-state index in [1.807, 2.05) is 57.2 Å². The Morgan fingerprint density at radius 2 is 1.63 bits per heavy atom. The molecule has 7 heteroatoms. The van der Waals surface area contributed by atoms with Gasteiger partial charge in [0.2, 0.25) is 0 Å². The Hall–Kier alpha value is -1.84. The zero-order valence-electron chi connectivity index (χ0n) is 18.2. The molecule has 2 aromatic rings. The molecule has 2 rings (SSSR count). The maximum atomic E-state index is 10.5. The molecule has 0 amide bonds. The molecular formula is C23H34IN3O3. The van der Waals surface area contributed by atoms with E-state index in [9.17, 15) is 5.11 Å². The summed E-state index contributed by atoms with van der Waals surface area (Å²) in [4.78, 5) is 4.60. The Kier molecular flexibility index (Phi) is 12.4. The molecule has 6 nitrogen and oxygen atoms in total. The lowest BCUT2D eigenvalue weighted by Crippen LogP contribution is -2.39. The standard InChI is InChI=1S/C23H33N3O3.HI/c1-5-24-23(25-14-18-6-8-19(9-7-18)16-28-4)26-15-22(27)20-10-12-21(13-11-20)29-17(2)3;/h6-13,17,22,27H,5,14-16H2,1-4H3,(H2,24,25,26);1H. The summed E-state index contributed by atoms with van der Waals surface area (Å²) < 4.78 is 10.8. The van der Waals surface area contributed by atoms with Gasteiger partial charge in [0.05, 0.1) is 25.4 Å². The number of methoxy groups -OCH3 is 1. The van der Waals surface area contributed by atoms with Gasteiger partial charge in [-0.2, -0.15) is 0 Å². The SMILES string of the molecule is CCNC(=NCc1ccc(COC)cc1)NCC(O)c1ccc(OC(C)C)cc1.I. The van der Waals surface area contributed by atoms with Crippen LogP contribution in [0, 0.1) is 0 Å². The quantitative estimate of drug-likeness (QED) is 0.247. The zero-order chi connectivity index (χ0) is 21.1. The summed E-state index contributed by atoms with van der Waals surface area (Å²) in [5.41, 5.74) is 3.08. The number of aliphatic hydroxyl groups excluding tert-OH is 1. The maximum Gasteiger partial charge on any atom is 0.191 e. The number of rotatable bonds is 10. The summed E-state index contributed by atoms with van der Waals surface area (Å²) in [6.07, 6.45) is -0.511. The van der Waals surface area contributed by atoms with Gasteiger partial charge in [-0.25, -0.2) is 4.99 Å². The molecule has 0 saturated carbocycles. The first-order chi connectivity index (χ1) is 14.0. The largest absolute Gasteiger partial charge is 0.491 e. The first-order valence-corrected chi connectivity index (χ1v) is 10.1. The van der Waals surface area contributed by atoms with Crippen molar-refractivity contribution in [2.75, 3.05) is 20.2 Å². The van der Waals surface area contributed by atoms with Crippen molar-refractivity contribution < 1.29 is 14.6 Å². The summed E-state index contributed by atoms with van der Waals surface area (Å²) in [7, 11) is 1.69. The summed E-state index contributed by atoms with van der Waals surface area (Å²) in [5, 5.41) is 16.9. The fraction of sp³-hybridized carbons (Fsp3) is 0.435. The van der Waals surface area contributed by atoms with Gasteiger partial charge in [-0.3, -0.25) is 0 Å². The number of hydrogen-bond donors (Lipinski definition) is 3. The highest BCUT2D eigenvalue weighted by atomic mass is 127. The summed E-state index contributed by atoms with van der Waals surface area (Å²) in [6, 6.07) is 15.7. The third-order valence-corrected chi connectivity index (χ3v) is 4.20. The van der Waals surface area contributed by atoms with Gasteiger partial charge in [-0.15, -0.1) is 24.0 Å². The molecule has 0 aliphatic carbocycles. The summed E-state index contributed by atoms with van der Waals surface area (Å²) in [5.74, 6) is 1.47. The van der Waals surface area contributed by atoms with Gasteiger partial charge in [-0.05, 0) is 49.6 Å². The Morgan fingerprint density at radius 3 is 2.20 bits per heavy atom. The van der Waals surface area contributed by atoms with E-state index < -0.39 is 6.10 Å². The zero-order valence-corrected chi connectivity index (χ0v) is 20.6. The molecule has 0 aromatic heterocycles. The number of aliphatic imine (C=N–C) groups is 1. The van der Waals surface area contributed by atoms with E-state index in [2.05, 4.69) is 27.8 Å². The number of benzene rings is 2. The van der Waals surface area contributed by atoms with Crippen LogP contribution in [0.1, 0.15) is 43.6 Å². The van der Waals surface area contributed by atoms with Crippen LogP contribution in [0.5, 0.6) is 5.75 Å². The number of nitrogens with zero attached hydrogens (tertiary/aromatic N) is 1. The number of ether oxygens (including phenoxy) is 2. The highest BCUT2D eigenvalue weighted by molar-refractivity contribution is 14.0. The second-order valence-corrected chi connectivity index (χ2v) is 7.08. The minimum atomic E-state index is -0.639. The van der Waals surface area contributed by atoms with Crippen molar-refractivity contribution in [2.24, 2.45) is 4.99 Å². The van der Waals surface area contributed by atoms with Crippen LogP contribution in [0.15, 0.2) is 53.5 Å². The van der Waals surface area contributed by atoms with Crippen molar-refractivity contribution in [1.29, 1.82) is 0 Å². The van der Waals surface area contributed by atoms with Crippen molar-refractivity contribution in [1.82, 2.24) is 10.6 Å². The van der Waals surface area contributed by atoms with Crippen LogP contribution in [0.25, 0.3) is 0 Å². The second-order valence-electron chi connectivity index (χ2n) is 7.08. The third-order valence-electron chi connectivity index (χ3n) is 4.20. The van der Waals surface area contributed by atoms with Crippen LogP contribution in [0.2, 0.25) is 0 Å². The Morgan fingerprint density at radius 1 is 1.00 bits per heavy atom. The maximum absolute atomic E-state index is 10.5. The van der Waals surface area contributed by atoms with Gasteiger partial charge in [0, 0.05) is 20.2 Å². The second kappa shape index (κ2) is 14.2. The first-order valence-electron chi connectivity index (χ1n) is 10.1. The molecule has 0 fully saturated rings. The molecule has 30 heavy (non-hydrogen) atoms. The molecule has 0 bridgehead atoms. The number of guanidine groups is 1. The Bertz CT molecular complexity index is 749. The lowest BCUT2D eigenvalue weighted by molar-refractivity contribution is 0.180. The molecule has 0 radical (unpaired) electrons. The van der Waals surface area contributed by atoms with E-state index in [0.717, 1.165) is 29.0 Å². The van der Waals surface area contributed by atoms with Crippen molar-refractivity contribution >= 4 is 29.9 Å². The number of hydrogen-bond acceptors (Lipinski definition) is 4. The lowest BCUT2D eigenvalue weighted by Gasteiger charge is -2.16.